The van der Waals surface area contributed by atoms with E-state index in [0.29, 0.717) is 32.4 Å². The zero-order chi connectivity index (χ0) is 22.6. The lowest BCUT2D eigenvalue weighted by atomic mass is 10.1. The highest BCUT2D eigenvalue weighted by Crippen LogP contribution is 2.35. The smallest absolute Gasteiger partial charge is 0.264 e. The van der Waals surface area contributed by atoms with E-state index in [-0.39, 0.29) is 10.9 Å². The summed E-state index contributed by atoms with van der Waals surface area (Å²) >= 11 is 20.5. The van der Waals surface area contributed by atoms with Crippen molar-refractivity contribution in [3.05, 3.63) is 57.5 Å². The van der Waals surface area contributed by atoms with E-state index in [9.17, 15) is 8.42 Å². The van der Waals surface area contributed by atoms with Gasteiger partial charge in [0.25, 0.3) is 10.0 Å². The van der Waals surface area contributed by atoms with Gasteiger partial charge in [0.15, 0.2) is 0 Å². The predicted molar refractivity (Wildman–Crippen MR) is 135 cm³/mol. The van der Waals surface area contributed by atoms with Gasteiger partial charge in [-0.3, -0.25) is 4.31 Å². The topological polar surface area (TPSA) is 40.6 Å². The Morgan fingerprint density at radius 1 is 1.13 bits per heavy atom. The maximum atomic E-state index is 13.6. The number of hydrogen-bond donors (Lipinski definition) is 0. The SMILES string of the molecule is CSC1CCN(CCCC(C)N(c2cc(Cl)ccc2Cl)S(=O)(=O)c2ccc(Cl)cc2)C1. The zero-order valence-electron chi connectivity index (χ0n) is 17.6. The molecule has 0 amide bonds. The highest BCUT2D eigenvalue weighted by molar-refractivity contribution is 7.99. The van der Waals surface area contributed by atoms with Crippen LogP contribution in [-0.4, -0.2) is 50.5 Å². The van der Waals surface area contributed by atoms with Gasteiger partial charge in [-0.1, -0.05) is 34.8 Å². The molecule has 9 heteroatoms. The molecule has 2 atom stereocenters. The van der Waals surface area contributed by atoms with Gasteiger partial charge in [0.1, 0.15) is 0 Å². The molecule has 1 heterocycles. The minimum atomic E-state index is -3.86. The maximum Gasteiger partial charge on any atom is 0.264 e. The monoisotopic (exact) mass is 520 g/mol. The summed E-state index contributed by atoms with van der Waals surface area (Å²) in [4.78, 5) is 2.63. The van der Waals surface area contributed by atoms with Gasteiger partial charge in [-0.2, -0.15) is 11.8 Å². The van der Waals surface area contributed by atoms with Crippen molar-refractivity contribution in [1.82, 2.24) is 4.90 Å². The minimum absolute atomic E-state index is 0.169. The fourth-order valence-electron chi connectivity index (χ4n) is 3.90. The van der Waals surface area contributed by atoms with Crippen molar-refractivity contribution >= 4 is 62.3 Å². The number of sulfonamides is 1. The van der Waals surface area contributed by atoms with E-state index < -0.39 is 10.0 Å². The van der Waals surface area contributed by atoms with E-state index in [1.54, 1.807) is 30.3 Å². The number of hydrogen-bond acceptors (Lipinski definition) is 4. The summed E-state index contributed by atoms with van der Waals surface area (Å²) in [5, 5.41) is 1.96. The van der Waals surface area contributed by atoms with Crippen LogP contribution in [0.3, 0.4) is 0 Å². The first-order valence-corrected chi connectivity index (χ1v) is 14.1. The van der Waals surface area contributed by atoms with Crippen molar-refractivity contribution in [1.29, 1.82) is 0 Å². The highest BCUT2D eigenvalue weighted by Gasteiger charge is 2.31. The van der Waals surface area contributed by atoms with Crippen molar-refractivity contribution in [2.45, 2.75) is 42.4 Å². The molecule has 0 aliphatic carbocycles. The first-order valence-electron chi connectivity index (χ1n) is 10.2. The Kier molecular flexibility index (Phi) is 8.87. The van der Waals surface area contributed by atoms with Crippen molar-refractivity contribution in [2.24, 2.45) is 0 Å². The molecule has 0 spiro atoms. The second-order valence-electron chi connectivity index (χ2n) is 7.79. The van der Waals surface area contributed by atoms with Crippen LogP contribution < -0.4 is 4.31 Å². The van der Waals surface area contributed by atoms with Gasteiger partial charge < -0.3 is 4.90 Å². The lowest BCUT2D eigenvalue weighted by molar-refractivity contribution is 0.327. The summed E-state index contributed by atoms with van der Waals surface area (Å²) in [5.74, 6) is 0. The quantitative estimate of drug-likeness (QED) is 0.380. The number of nitrogens with zero attached hydrogens (tertiary/aromatic N) is 2. The Morgan fingerprint density at radius 2 is 1.81 bits per heavy atom. The van der Waals surface area contributed by atoms with Crippen LogP contribution in [0.25, 0.3) is 0 Å². The van der Waals surface area contributed by atoms with Gasteiger partial charge in [-0.15, -0.1) is 0 Å². The van der Waals surface area contributed by atoms with Crippen LogP contribution in [0.1, 0.15) is 26.2 Å². The average molecular weight is 522 g/mol. The summed E-state index contributed by atoms with van der Waals surface area (Å²) in [6, 6.07) is 10.8. The van der Waals surface area contributed by atoms with Crippen LogP contribution in [-0.2, 0) is 10.0 Å². The molecule has 4 nitrogen and oxygen atoms in total. The molecule has 0 bridgehead atoms. The van der Waals surface area contributed by atoms with E-state index >= 15 is 0 Å². The molecule has 0 radical (unpaired) electrons. The van der Waals surface area contributed by atoms with Crippen LogP contribution in [0.4, 0.5) is 5.69 Å². The van der Waals surface area contributed by atoms with Crippen LogP contribution in [0, 0.1) is 0 Å². The molecular formula is C22H27Cl3N2O2S2. The normalized spacial score (nSPS) is 18.3. The van der Waals surface area contributed by atoms with Gasteiger partial charge in [0.05, 0.1) is 15.6 Å². The van der Waals surface area contributed by atoms with Crippen LogP contribution in [0.5, 0.6) is 0 Å². The molecule has 0 N–H and O–H groups in total. The molecule has 3 rings (SSSR count). The highest BCUT2D eigenvalue weighted by atomic mass is 35.5. The molecule has 1 fully saturated rings. The Balaban J connectivity index is 1.83. The third-order valence-corrected chi connectivity index (χ3v) is 9.38. The molecule has 2 aromatic rings. The van der Waals surface area contributed by atoms with Gasteiger partial charge in [0.2, 0.25) is 0 Å². The molecule has 1 aliphatic rings. The number of anilines is 1. The molecule has 1 aliphatic heterocycles. The van der Waals surface area contributed by atoms with Gasteiger partial charge in [-0.05, 0) is 88.0 Å². The van der Waals surface area contributed by atoms with Gasteiger partial charge in [-0.25, -0.2) is 8.42 Å². The Labute approximate surface area is 204 Å². The molecular weight excluding hydrogens is 495 g/mol. The average Bonchev–Trinajstić information content (AvgIpc) is 3.19. The van der Waals surface area contributed by atoms with Crippen LogP contribution >= 0.6 is 46.6 Å². The van der Waals surface area contributed by atoms with Gasteiger partial charge >= 0.3 is 0 Å². The standard InChI is InChI=1S/C22H27Cl3N2O2S2/c1-16(4-3-12-26-13-11-19(15-26)30-2)27(22-14-18(24)7-10-21(22)25)31(28,29)20-8-5-17(23)6-9-20/h5-10,14,16,19H,3-4,11-13,15H2,1-2H3. The second-order valence-corrected chi connectivity index (χ2v) is 12.0. The number of thioether (sulfide) groups is 1. The Hall–Kier alpha value is -0.630. The summed E-state index contributed by atoms with van der Waals surface area (Å²) in [6.07, 6.45) is 4.97. The first kappa shape index (κ1) is 25.0. The number of likely N-dealkylation sites (tertiary alicyclic amines) is 1. The van der Waals surface area contributed by atoms with Crippen LogP contribution in [0.15, 0.2) is 47.4 Å². The number of halogens is 3. The zero-order valence-corrected chi connectivity index (χ0v) is 21.5. The predicted octanol–water partition coefficient (Wildman–Crippen LogP) is 6.45. The van der Waals surface area contributed by atoms with E-state index in [2.05, 4.69) is 11.2 Å². The lowest BCUT2D eigenvalue weighted by Crippen LogP contribution is -2.39. The summed E-state index contributed by atoms with van der Waals surface area (Å²) in [7, 11) is -3.86. The second kappa shape index (κ2) is 11.0. The fourth-order valence-corrected chi connectivity index (χ4v) is 6.85. The molecule has 0 saturated carbocycles. The summed E-state index contributed by atoms with van der Waals surface area (Å²) < 4.78 is 28.6. The van der Waals surface area contributed by atoms with Crippen molar-refractivity contribution < 1.29 is 8.42 Å². The molecule has 2 aromatic carbocycles. The summed E-state index contributed by atoms with van der Waals surface area (Å²) in [6.45, 7) is 5.08. The van der Waals surface area contributed by atoms with Crippen LogP contribution in [0.2, 0.25) is 15.1 Å². The third-order valence-electron chi connectivity index (χ3n) is 5.58. The molecule has 0 aromatic heterocycles. The van der Waals surface area contributed by atoms with Crippen molar-refractivity contribution in [3.63, 3.8) is 0 Å². The first-order chi connectivity index (χ1) is 14.7. The molecule has 1 saturated heterocycles. The third kappa shape index (κ3) is 6.24. The lowest BCUT2D eigenvalue weighted by Gasteiger charge is -2.32. The number of rotatable bonds is 9. The van der Waals surface area contributed by atoms with E-state index in [1.807, 2.05) is 18.7 Å². The molecule has 31 heavy (non-hydrogen) atoms. The van der Waals surface area contributed by atoms with E-state index in [0.717, 1.165) is 26.1 Å². The van der Waals surface area contributed by atoms with Crippen molar-refractivity contribution in [3.8, 4) is 0 Å². The Morgan fingerprint density at radius 3 is 2.45 bits per heavy atom. The van der Waals surface area contributed by atoms with E-state index in [1.165, 1.54) is 22.9 Å². The van der Waals surface area contributed by atoms with Gasteiger partial charge in [0, 0.05) is 27.9 Å². The maximum absolute atomic E-state index is 13.6. The molecule has 2 unspecified atom stereocenters. The fraction of sp³-hybridized carbons (Fsp3) is 0.455. The largest absolute Gasteiger partial charge is 0.302 e. The molecule has 170 valence electrons. The number of benzene rings is 2. The van der Waals surface area contributed by atoms with E-state index in [4.69, 9.17) is 34.8 Å². The van der Waals surface area contributed by atoms with Crippen molar-refractivity contribution in [2.75, 3.05) is 30.2 Å². The minimum Gasteiger partial charge on any atom is -0.302 e. The summed E-state index contributed by atoms with van der Waals surface area (Å²) in [5.41, 5.74) is 0.389. The Bertz CT molecular complexity index is 987.